The molecular formula is C11H13F3N2O4. The molecular weight excluding hydrogens is 281 g/mol. The van der Waals surface area contributed by atoms with E-state index in [-0.39, 0.29) is 11.4 Å². The van der Waals surface area contributed by atoms with Gasteiger partial charge in [-0.3, -0.25) is 4.79 Å². The quantitative estimate of drug-likeness (QED) is 0.898. The summed E-state index contributed by atoms with van der Waals surface area (Å²) in [5.74, 6) is -1.51. The minimum Gasteiger partial charge on any atom is -0.480 e. The fourth-order valence-electron chi connectivity index (χ4n) is 1.54. The number of halogens is 3. The molecule has 0 unspecified atom stereocenters. The Labute approximate surface area is 112 Å². The van der Waals surface area contributed by atoms with E-state index in [4.69, 9.17) is 9.52 Å². The van der Waals surface area contributed by atoms with E-state index in [9.17, 15) is 22.8 Å². The molecule has 0 aliphatic heterocycles. The molecule has 0 radical (unpaired) electrons. The van der Waals surface area contributed by atoms with Crippen LogP contribution in [0.5, 0.6) is 0 Å². The summed E-state index contributed by atoms with van der Waals surface area (Å²) in [6, 6.07) is 0.528. The lowest BCUT2D eigenvalue weighted by Gasteiger charge is -2.27. The molecule has 0 aliphatic rings. The van der Waals surface area contributed by atoms with Crippen LogP contribution in [0.4, 0.5) is 18.0 Å². The highest BCUT2D eigenvalue weighted by Crippen LogP contribution is 2.17. The Balaban J connectivity index is 2.73. The van der Waals surface area contributed by atoms with E-state index >= 15 is 0 Å². The number of furan rings is 1. The summed E-state index contributed by atoms with van der Waals surface area (Å²) in [5.41, 5.74) is 0.586. The minimum atomic E-state index is -4.67. The molecule has 1 aromatic heterocycles. The second-order valence-corrected chi connectivity index (χ2v) is 4.14. The van der Waals surface area contributed by atoms with Crippen molar-refractivity contribution in [2.75, 3.05) is 20.1 Å². The molecule has 1 N–H and O–H groups in total. The average molecular weight is 294 g/mol. The number of carboxylic acid groups (broad SMARTS) is 1. The van der Waals surface area contributed by atoms with Crippen molar-refractivity contribution >= 4 is 12.0 Å². The first-order valence-electron chi connectivity index (χ1n) is 5.48. The number of hydrogen-bond donors (Lipinski definition) is 1. The van der Waals surface area contributed by atoms with E-state index in [2.05, 4.69) is 0 Å². The Morgan fingerprint density at radius 2 is 2.05 bits per heavy atom. The molecule has 0 saturated carbocycles. The lowest BCUT2D eigenvalue weighted by atomic mass is 10.3. The normalized spacial score (nSPS) is 11.2. The number of alkyl halides is 3. The van der Waals surface area contributed by atoms with Crippen LogP contribution in [0.25, 0.3) is 0 Å². The molecule has 0 aromatic carbocycles. The van der Waals surface area contributed by atoms with Gasteiger partial charge in [0.25, 0.3) is 0 Å². The van der Waals surface area contributed by atoms with Gasteiger partial charge in [0.1, 0.15) is 13.1 Å². The van der Waals surface area contributed by atoms with E-state index in [1.54, 1.807) is 6.07 Å². The average Bonchev–Trinajstić information content (AvgIpc) is 2.77. The van der Waals surface area contributed by atoms with Crippen LogP contribution < -0.4 is 0 Å². The summed E-state index contributed by atoms with van der Waals surface area (Å²) < 4.78 is 41.8. The SMILES string of the molecule is CN(Cc1ccoc1)C(=O)N(CC(=O)O)CC(F)(F)F. The van der Waals surface area contributed by atoms with Crippen LogP contribution in [0.1, 0.15) is 5.56 Å². The van der Waals surface area contributed by atoms with Gasteiger partial charge in [-0.1, -0.05) is 0 Å². The number of urea groups is 1. The van der Waals surface area contributed by atoms with E-state index < -0.39 is 31.3 Å². The molecule has 112 valence electrons. The monoisotopic (exact) mass is 294 g/mol. The first-order valence-corrected chi connectivity index (χ1v) is 5.48. The smallest absolute Gasteiger partial charge is 0.406 e. The van der Waals surface area contributed by atoms with Crippen LogP contribution in [-0.4, -0.2) is 53.2 Å². The molecule has 0 saturated heterocycles. The van der Waals surface area contributed by atoms with Gasteiger partial charge in [-0.25, -0.2) is 4.79 Å². The van der Waals surface area contributed by atoms with Crippen LogP contribution in [0.3, 0.4) is 0 Å². The molecule has 1 aromatic rings. The van der Waals surface area contributed by atoms with Crippen molar-refractivity contribution in [2.24, 2.45) is 0 Å². The zero-order chi connectivity index (χ0) is 15.3. The lowest BCUT2D eigenvalue weighted by Crippen LogP contribution is -2.47. The third kappa shape index (κ3) is 5.21. The van der Waals surface area contributed by atoms with E-state index in [0.29, 0.717) is 5.56 Å². The van der Waals surface area contributed by atoms with Crippen molar-refractivity contribution in [3.8, 4) is 0 Å². The van der Waals surface area contributed by atoms with Gasteiger partial charge >= 0.3 is 18.2 Å². The first-order chi connectivity index (χ1) is 9.19. The fourth-order valence-corrected chi connectivity index (χ4v) is 1.54. The van der Waals surface area contributed by atoms with E-state index in [1.807, 2.05) is 0 Å². The van der Waals surface area contributed by atoms with Crippen LogP contribution in [0.15, 0.2) is 23.0 Å². The van der Waals surface area contributed by atoms with Crippen molar-refractivity contribution in [2.45, 2.75) is 12.7 Å². The van der Waals surface area contributed by atoms with Crippen LogP contribution in [-0.2, 0) is 11.3 Å². The van der Waals surface area contributed by atoms with Crippen molar-refractivity contribution < 1.29 is 32.3 Å². The van der Waals surface area contributed by atoms with Crippen molar-refractivity contribution in [3.05, 3.63) is 24.2 Å². The third-order valence-corrected chi connectivity index (χ3v) is 2.29. The van der Waals surface area contributed by atoms with Gasteiger partial charge in [-0.05, 0) is 6.07 Å². The molecule has 0 spiro atoms. The Kier molecular flexibility index (Phi) is 5.00. The van der Waals surface area contributed by atoms with Gasteiger partial charge in [-0.15, -0.1) is 0 Å². The first kappa shape index (κ1) is 15.9. The molecule has 0 fully saturated rings. The largest absolute Gasteiger partial charge is 0.480 e. The lowest BCUT2D eigenvalue weighted by molar-refractivity contribution is -0.149. The third-order valence-electron chi connectivity index (χ3n) is 2.29. The summed E-state index contributed by atoms with van der Waals surface area (Å²) in [7, 11) is 1.28. The Morgan fingerprint density at radius 1 is 1.40 bits per heavy atom. The zero-order valence-electron chi connectivity index (χ0n) is 10.6. The number of aliphatic carboxylic acids is 1. The standard InChI is InChI=1S/C11H13F3N2O4/c1-15(4-8-2-3-20-6-8)10(19)16(5-9(17)18)7-11(12,13)14/h2-3,6H,4-5,7H2,1H3,(H,17,18). The molecule has 2 amide bonds. The highest BCUT2D eigenvalue weighted by atomic mass is 19.4. The van der Waals surface area contributed by atoms with Crippen molar-refractivity contribution in [3.63, 3.8) is 0 Å². The van der Waals surface area contributed by atoms with Crippen molar-refractivity contribution in [1.82, 2.24) is 9.80 Å². The van der Waals surface area contributed by atoms with E-state index in [1.165, 1.54) is 19.6 Å². The Morgan fingerprint density at radius 3 is 2.50 bits per heavy atom. The maximum Gasteiger partial charge on any atom is 0.406 e. The number of hydrogen-bond acceptors (Lipinski definition) is 3. The number of carboxylic acids is 1. The Hall–Kier alpha value is -2.19. The molecule has 0 bridgehead atoms. The van der Waals surface area contributed by atoms with Gasteiger partial charge in [0, 0.05) is 12.6 Å². The van der Waals surface area contributed by atoms with Gasteiger partial charge in [0.05, 0.1) is 19.1 Å². The summed E-state index contributed by atoms with van der Waals surface area (Å²) in [6.07, 6.45) is -1.96. The number of rotatable bonds is 5. The maximum atomic E-state index is 12.3. The fraction of sp³-hybridized carbons (Fsp3) is 0.455. The Bertz CT molecular complexity index is 459. The van der Waals surface area contributed by atoms with Gasteiger partial charge in [0.2, 0.25) is 0 Å². The molecule has 0 aliphatic carbocycles. The van der Waals surface area contributed by atoms with Gasteiger partial charge < -0.3 is 19.3 Å². The van der Waals surface area contributed by atoms with Crippen LogP contribution in [0.2, 0.25) is 0 Å². The van der Waals surface area contributed by atoms with E-state index in [0.717, 1.165) is 4.90 Å². The summed E-state index contributed by atoms with van der Waals surface area (Å²) in [6.45, 7) is -2.62. The number of amides is 2. The highest BCUT2D eigenvalue weighted by molar-refractivity contribution is 5.80. The molecule has 20 heavy (non-hydrogen) atoms. The molecule has 0 atom stereocenters. The zero-order valence-corrected chi connectivity index (χ0v) is 10.6. The number of carbonyl (C=O) groups is 2. The highest BCUT2D eigenvalue weighted by Gasteiger charge is 2.35. The van der Waals surface area contributed by atoms with Crippen molar-refractivity contribution in [1.29, 1.82) is 0 Å². The molecule has 6 nitrogen and oxygen atoms in total. The second-order valence-electron chi connectivity index (χ2n) is 4.14. The topological polar surface area (TPSA) is 74.0 Å². The second kappa shape index (κ2) is 6.31. The molecule has 1 heterocycles. The summed E-state index contributed by atoms with van der Waals surface area (Å²) in [4.78, 5) is 23.6. The predicted molar refractivity (Wildman–Crippen MR) is 60.8 cm³/mol. The number of nitrogens with zero attached hydrogens (tertiary/aromatic N) is 2. The van der Waals surface area contributed by atoms with Crippen LogP contribution >= 0.6 is 0 Å². The van der Waals surface area contributed by atoms with Crippen LogP contribution in [0, 0.1) is 0 Å². The minimum absolute atomic E-state index is 0.0172. The predicted octanol–water partition coefficient (Wildman–Crippen LogP) is 1.78. The van der Waals surface area contributed by atoms with Gasteiger partial charge in [-0.2, -0.15) is 13.2 Å². The molecule has 9 heteroatoms. The maximum absolute atomic E-state index is 12.3. The van der Waals surface area contributed by atoms with Gasteiger partial charge in [0.15, 0.2) is 0 Å². The summed E-state index contributed by atoms with van der Waals surface area (Å²) >= 11 is 0. The molecule has 1 rings (SSSR count). The summed E-state index contributed by atoms with van der Waals surface area (Å²) in [5, 5.41) is 8.57. The number of carbonyl (C=O) groups excluding carboxylic acids is 1.